The topological polar surface area (TPSA) is 78.9 Å². The van der Waals surface area contributed by atoms with Crippen molar-refractivity contribution in [3.8, 4) is 11.5 Å². The Bertz CT molecular complexity index is 1390. The van der Waals surface area contributed by atoms with Gasteiger partial charge in [0.2, 0.25) is 0 Å². The Balaban J connectivity index is 1.59. The van der Waals surface area contributed by atoms with Crippen LogP contribution in [0.4, 0.5) is 0 Å². The van der Waals surface area contributed by atoms with E-state index >= 15 is 0 Å². The lowest BCUT2D eigenvalue weighted by molar-refractivity contribution is -0.120. The number of carbonyl (C=O) groups is 3. The predicted octanol–water partition coefficient (Wildman–Crippen LogP) is 7.01. The molecule has 3 aliphatic rings. The number of carbonyl (C=O) groups excluding carboxylic acids is 3. The molecule has 0 amide bonds. The van der Waals surface area contributed by atoms with Gasteiger partial charge in [0.15, 0.2) is 23.1 Å². The predicted molar refractivity (Wildman–Crippen MR) is 148 cm³/mol. The van der Waals surface area contributed by atoms with E-state index < -0.39 is 11.9 Å². The third kappa shape index (κ3) is 5.29. The molecule has 0 saturated carbocycles. The monoisotopic (exact) mass is 528 g/mol. The zero-order chi connectivity index (χ0) is 28.1. The van der Waals surface area contributed by atoms with Crippen LogP contribution in [0.3, 0.4) is 0 Å². The molecule has 0 unspecified atom stereocenters. The average molecular weight is 529 g/mol. The highest BCUT2D eigenvalue weighted by molar-refractivity contribution is 6.06. The summed E-state index contributed by atoms with van der Waals surface area (Å²) in [6.45, 7) is 12.4. The number of esters is 1. The fraction of sp³-hybridized carbons (Fsp3) is 0.424. The minimum Gasteiger partial charge on any atom is -0.490 e. The van der Waals surface area contributed by atoms with Gasteiger partial charge in [-0.2, -0.15) is 0 Å². The summed E-state index contributed by atoms with van der Waals surface area (Å²) in [5.74, 6) is 0.983. The van der Waals surface area contributed by atoms with Crippen LogP contribution >= 0.6 is 0 Å². The zero-order valence-corrected chi connectivity index (χ0v) is 23.6. The van der Waals surface area contributed by atoms with Crippen molar-refractivity contribution in [3.63, 3.8) is 0 Å². The largest absolute Gasteiger partial charge is 0.490 e. The van der Waals surface area contributed by atoms with Crippen molar-refractivity contribution in [2.75, 3.05) is 6.61 Å². The summed E-state index contributed by atoms with van der Waals surface area (Å²) in [7, 11) is 0. The van der Waals surface area contributed by atoms with Crippen LogP contribution in [0.2, 0.25) is 0 Å². The van der Waals surface area contributed by atoms with Gasteiger partial charge in [-0.15, -0.1) is 0 Å². The molecule has 0 bridgehead atoms. The van der Waals surface area contributed by atoms with E-state index in [1.807, 2.05) is 32.0 Å². The van der Waals surface area contributed by atoms with E-state index in [2.05, 4.69) is 27.7 Å². The lowest BCUT2D eigenvalue weighted by Crippen LogP contribution is -2.37. The average Bonchev–Trinajstić information content (AvgIpc) is 2.82. The Morgan fingerprint density at radius 3 is 2.05 bits per heavy atom. The van der Waals surface area contributed by atoms with Gasteiger partial charge in [-0.3, -0.25) is 9.59 Å². The Labute approximate surface area is 230 Å². The van der Waals surface area contributed by atoms with Crippen LogP contribution < -0.4 is 9.47 Å². The number of benzene rings is 2. The van der Waals surface area contributed by atoms with Crippen LogP contribution in [0.25, 0.3) is 0 Å². The van der Waals surface area contributed by atoms with E-state index in [-0.39, 0.29) is 28.1 Å². The van der Waals surface area contributed by atoms with E-state index in [0.717, 1.165) is 11.1 Å². The number of aryl methyl sites for hydroxylation is 1. The van der Waals surface area contributed by atoms with Crippen LogP contribution in [0.1, 0.15) is 87.7 Å². The standard InChI is InChI=1S/C33H36O6/c1-7-37-25-14-20(11-12-24(25)39-31(36)21-10-8-9-19(2)13-21)28-29-22(34)15-32(3,4)17-26(29)38-27-18-33(5,6)16-23(35)30(27)28/h8-14,28H,7,15-18H2,1-6H3. The molecular weight excluding hydrogens is 492 g/mol. The third-order valence-electron chi connectivity index (χ3n) is 7.64. The first-order chi connectivity index (χ1) is 18.4. The smallest absolute Gasteiger partial charge is 0.343 e. The van der Waals surface area contributed by atoms with Crippen LogP contribution in [0.5, 0.6) is 11.5 Å². The molecule has 2 aromatic rings. The van der Waals surface area contributed by atoms with Gasteiger partial charge >= 0.3 is 5.97 Å². The van der Waals surface area contributed by atoms with Gasteiger partial charge in [-0.1, -0.05) is 51.5 Å². The maximum Gasteiger partial charge on any atom is 0.343 e. The lowest BCUT2D eigenvalue weighted by Gasteiger charge is -2.42. The van der Waals surface area contributed by atoms with Crippen LogP contribution in [-0.2, 0) is 14.3 Å². The third-order valence-corrected chi connectivity index (χ3v) is 7.64. The van der Waals surface area contributed by atoms with Crippen molar-refractivity contribution in [1.29, 1.82) is 0 Å². The molecule has 6 nitrogen and oxygen atoms in total. The van der Waals surface area contributed by atoms with Gasteiger partial charge in [0, 0.05) is 42.7 Å². The molecule has 0 atom stereocenters. The second kappa shape index (κ2) is 9.82. The molecule has 2 aliphatic carbocycles. The van der Waals surface area contributed by atoms with Crippen LogP contribution in [0, 0.1) is 17.8 Å². The Morgan fingerprint density at radius 2 is 1.49 bits per heavy atom. The zero-order valence-electron chi connectivity index (χ0n) is 23.6. The van der Waals surface area contributed by atoms with Gasteiger partial charge in [0.1, 0.15) is 11.5 Å². The molecule has 0 N–H and O–H groups in total. The fourth-order valence-corrected chi connectivity index (χ4v) is 6.00. The molecule has 6 heteroatoms. The summed E-state index contributed by atoms with van der Waals surface area (Å²) in [6, 6.07) is 12.5. The SMILES string of the molecule is CCOc1cc(C2C3=C(CC(C)(C)CC3=O)OC3=C2C(=O)CC(C)(C)C3)ccc1OC(=O)c1cccc(C)c1. The second-order valence-corrected chi connectivity index (χ2v) is 12.5. The normalized spacial score (nSPS) is 20.3. The Hall–Kier alpha value is -3.67. The van der Waals surface area contributed by atoms with Crippen molar-refractivity contribution in [3.05, 3.63) is 81.8 Å². The molecule has 1 aliphatic heterocycles. The fourth-order valence-electron chi connectivity index (χ4n) is 6.00. The number of Topliss-reactive ketones (excluding diaryl/α,β-unsaturated/α-hetero) is 2. The summed E-state index contributed by atoms with van der Waals surface area (Å²) in [4.78, 5) is 40.0. The van der Waals surface area contributed by atoms with Crippen molar-refractivity contribution in [1.82, 2.24) is 0 Å². The summed E-state index contributed by atoms with van der Waals surface area (Å²) < 4.78 is 18.0. The molecule has 5 rings (SSSR count). The van der Waals surface area contributed by atoms with E-state index in [1.54, 1.807) is 24.3 Å². The van der Waals surface area contributed by atoms with E-state index in [9.17, 15) is 14.4 Å². The van der Waals surface area contributed by atoms with Crippen molar-refractivity contribution in [2.45, 2.75) is 73.1 Å². The van der Waals surface area contributed by atoms with Crippen molar-refractivity contribution in [2.24, 2.45) is 10.8 Å². The van der Waals surface area contributed by atoms with Crippen molar-refractivity contribution < 1.29 is 28.6 Å². The van der Waals surface area contributed by atoms with Gasteiger partial charge in [0.05, 0.1) is 12.2 Å². The molecule has 2 aromatic carbocycles. The second-order valence-electron chi connectivity index (χ2n) is 12.5. The molecule has 1 heterocycles. The Kier molecular flexibility index (Phi) is 6.78. The van der Waals surface area contributed by atoms with Crippen molar-refractivity contribution >= 4 is 17.5 Å². The number of ketones is 2. The van der Waals surface area contributed by atoms with E-state index in [1.165, 1.54) is 0 Å². The highest BCUT2D eigenvalue weighted by Gasteiger charge is 2.48. The van der Waals surface area contributed by atoms with E-state index in [4.69, 9.17) is 14.2 Å². The number of hydrogen-bond donors (Lipinski definition) is 0. The molecule has 39 heavy (non-hydrogen) atoms. The first-order valence-corrected chi connectivity index (χ1v) is 13.6. The first-order valence-electron chi connectivity index (χ1n) is 13.6. The summed E-state index contributed by atoms with van der Waals surface area (Å²) in [6.07, 6.45) is 2.03. The number of rotatable bonds is 5. The maximum atomic E-state index is 13.6. The lowest BCUT2D eigenvalue weighted by atomic mass is 9.65. The molecule has 0 spiro atoms. The minimum atomic E-state index is -0.545. The van der Waals surface area contributed by atoms with Gasteiger partial charge in [-0.05, 0) is 54.5 Å². The Morgan fingerprint density at radius 1 is 0.872 bits per heavy atom. The summed E-state index contributed by atoms with van der Waals surface area (Å²) >= 11 is 0. The first kappa shape index (κ1) is 26.9. The molecular formula is C33H36O6. The molecule has 204 valence electrons. The minimum absolute atomic E-state index is 0.00310. The highest BCUT2D eigenvalue weighted by atomic mass is 16.6. The van der Waals surface area contributed by atoms with Gasteiger partial charge in [-0.25, -0.2) is 4.79 Å². The van der Waals surface area contributed by atoms with Crippen LogP contribution in [0.15, 0.2) is 65.1 Å². The number of hydrogen-bond acceptors (Lipinski definition) is 6. The number of allylic oxidation sites excluding steroid dienone is 4. The van der Waals surface area contributed by atoms with E-state index in [0.29, 0.717) is 66.3 Å². The van der Waals surface area contributed by atoms with Gasteiger partial charge in [0.25, 0.3) is 0 Å². The van der Waals surface area contributed by atoms with Gasteiger partial charge < -0.3 is 14.2 Å². The summed E-state index contributed by atoms with van der Waals surface area (Å²) in [5, 5.41) is 0. The molecule has 0 aromatic heterocycles. The maximum absolute atomic E-state index is 13.6. The quantitative estimate of drug-likeness (QED) is 0.307. The highest BCUT2D eigenvalue weighted by Crippen LogP contribution is 2.53. The molecule has 0 fully saturated rings. The summed E-state index contributed by atoms with van der Waals surface area (Å²) in [5.41, 5.74) is 2.83. The molecule has 0 radical (unpaired) electrons. The number of ether oxygens (including phenoxy) is 3. The molecule has 0 saturated heterocycles. The van der Waals surface area contributed by atoms with Crippen LogP contribution in [-0.4, -0.2) is 24.1 Å².